The maximum atomic E-state index is 13.1. The van der Waals surface area contributed by atoms with Gasteiger partial charge in [0, 0.05) is 44.6 Å². The van der Waals surface area contributed by atoms with Crippen LogP contribution in [0, 0.1) is 5.41 Å². The molecule has 6 heteroatoms. The molecule has 3 aliphatic heterocycles. The Morgan fingerprint density at radius 2 is 1.84 bits per heavy atom. The van der Waals surface area contributed by atoms with Crippen LogP contribution in [0.5, 0.6) is 0 Å². The summed E-state index contributed by atoms with van der Waals surface area (Å²) in [5.74, 6) is 1.42. The number of likely N-dealkylation sites (tertiary alicyclic amines) is 2. The second-order valence-corrected chi connectivity index (χ2v) is 10.6. The van der Waals surface area contributed by atoms with Crippen molar-refractivity contribution in [2.45, 2.75) is 89.5 Å². The number of piperidine rings is 1. The topological polar surface area (TPSA) is 58.4 Å². The molecule has 6 nitrogen and oxygen atoms in total. The Bertz CT molecular complexity index is 858. The second-order valence-electron chi connectivity index (χ2n) is 10.6. The number of aryl methyl sites for hydroxylation is 1. The number of hydrogen-bond donors (Lipinski definition) is 0. The highest BCUT2D eigenvalue weighted by molar-refractivity contribution is 5.78. The summed E-state index contributed by atoms with van der Waals surface area (Å²) in [6.45, 7) is 5.11. The molecule has 5 rings (SSSR count). The van der Waals surface area contributed by atoms with Gasteiger partial charge in [0.2, 0.25) is 5.91 Å². The van der Waals surface area contributed by atoms with Crippen LogP contribution in [0.15, 0.2) is 10.9 Å². The highest BCUT2D eigenvalue weighted by Gasteiger charge is 2.39. The molecule has 4 aliphatic rings. The monoisotopic (exact) mass is 426 g/mol. The maximum Gasteiger partial charge on any atom is 0.253 e. The van der Waals surface area contributed by atoms with Gasteiger partial charge in [-0.25, -0.2) is 4.98 Å². The summed E-state index contributed by atoms with van der Waals surface area (Å²) in [6.07, 6.45) is 14.4. The van der Waals surface area contributed by atoms with Crippen LogP contribution < -0.4 is 5.56 Å². The second kappa shape index (κ2) is 9.05. The third kappa shape index (κ3) is 4.59. The molecule has 0 aromatic carbocycles. The van der Waals surface area contributed by atoms with Crippen LogP contribution in [0.25, 0.3) is 0 Å². The number of amides is 1. The Hall–Kier alpha value is -1.69. The molecule has 1 amide bonds. The van der Waals surface area contributed by atoms with E-state index in [4.69, 9.17) is 4.98 Å². The van der Waals surface area contributed by atoms with Gasteiger partial charge in [0.05, 0.1) is 12.2 Å². The van der Waals surface area contributed by atoms with Crippen molar-refractivity contribution in [2.75, 3.05) is 32.7 Å². The highest BCUT2D eigenvalue weighted by atomic mass is 16.2. The molecule has 0 radical (unpaired) electrons. The van der Waals surface area contributed by atoms with Gasteiger partial charge >= 0.3 is 0 Å². The van der Waals surface area contributed by atoms with Gasteiger partial charge in [-0.05, 0) is 56.9 Å². The van der Waals surface area contributed by atoms with E-state index in [1.807, 2.05) is 9.47 Å². The number of aromatic nitrogens is 2. The fraction of sp³-hybridized carbons (Fsp3) is 0.800. The van der Waals surface area contributed by atoms with E-state index < -0.39 is 0 Å². The highest BCUT2D eigenvalue weighted by Crippen LogP contribution is 2.43. The van der Waals surface area contributed by atoms with Crippen molar-refractivity contribution in [1.82, 2.24) is 19.4 Å². The molecule has 1 spiro atoms. The average molecular weight is 427 g/mol. The van der Waals surface area contributed by atoms with Crippen LogP contribution in [0.1, 0.15) is 88.1 Å². The molecule has 2 saturated heterocycles. The molecule has 1 aromatic heterocycles. The molecular weight excluding hydrogens is 388 g/mol. The molecule has 1 atom stereocenters. The van der Waals surface area contributed by atoms with Crippen molar-refractivity contribution in [2.24, 2.45) is 5.41 Å². The molecule has 1 aromatic rings. The van der Waals surface area contributed by atoms with E-state index in [0.717, 1.165) is 69.8 Å². The van der Waals surface area contributed by atoms with Crippen LogP contribution in [0.2, 0.25) is 0 Å². The van der Waals surface area contributed by atoms with Gasteiger partial charge in [0.15, 0.2) is 0 Å². The zero-order valence-electron chi connectivity index (χ0n) is 19.0. The largest absolute Gasteiger partial charge is 0.341 e. The lowest BCUT2D eigenvalue weighted by atomic mass is 9.73. The molecule has 1 unspecified atom stereocenters. The molecule has 31 heavy (non-hydrogen) atoms. The van der Waals surface area contributed by atoms with Gasteiger partial charge in [-0.15, -0.1) is 0 Å². The summed E-state index contributed by atoms with van der Waals surface area (Å²) in [5, 5.41) is 0. The summed E-state index contributed by atoms with van der Waals surface area (Å²) < 4.78 is 1.87. The number of hydrogen-bond acceptors (Lipinski definition) is 4. The van der Waals surface area contributed by atoms with E-state index in [9.17, 15) is 9.59 Å². The summed E-state index contributed by atoms with van der Waals surface area (Å²) >= 11 is 0. The van der Waals surface area contributed by atoms with Crippen LogP contribution in [0.4, 0.5) is 0 Å². The van der Waals surface area contributed by atoms with Crippen molar-refractivity contribution in [1.29, 1.82) is 0 Å². The Morgan fingerprint density at radius 3 is 2.71 bits per heavy atom. The number of fused-ring (bicyclic) bond motifs is 1. The first-order valence-electron chi connectivity index (χ1n) is 12.7. The van der Waals surface area contributed by atoms with E-state index in [0.29, 0.717) is 18.5 Å². The summed E-state index contributed by atoms with van der Waals surface area (Å²) in [4.78, 5) is 35.2. The molecule has 0 N–H and O–H groups in total. The Morgan fingerprint density at radius 1 is 1.00 bits per heavy atom. The Balaban J connectivity index is 1.22. The molecular formula is C25H38N4O2. The summed E-state index contributed by atoms with van der Waals surface area (Å²) in [7, 11) is 0. The van der Waals surface area contributed by atoms with Crippen molar-refractivity contribution in [3.63, 3.8) is 0 Å². The predicted octanol–water partition coefficient (Wildman–Crippen LogP) is 3.33. The fourth-order valence-corrected chi connectivity index (χ4v) is 6.55. The molecule has 1 aliphatic carbocycles. The SMILES string of the molecule is O=C(CN1CCC2(CCCCC2)C1)N1CCCC(c2cc(=O)n3c(n2)CCCCC3)C1. The molecule has 4 heterocycles. The zero-order valence-corrected chi connectivity index (χ0v) is 19.0. The van der Waals surface area contributed by atoms with Gasteiger partial charge in [-0.1, -0.05) is 25.7 Å². The molecule has 170 valence electrons. The van der Waals surface area contributed by atoms with Gasteiger partial charge < -0.3 is 4.90 Å². The van der Waals surface area contributed by atoms with E-state index in [2.05, 4.69) is 4.90 Å². The molecule has 1 saturated carbocycles. The van der Waals surface area contributed by atoms with Crippen LogP contribution in [-0.2, 0) is 17.8 Å². The third-order valence-corrected chi connectivity index (χ3v) is 8.37. The molecule has 0 bridgehead atoms. The first-order valence-corrected chi connectivity index (χ1v) is 12.7. The summed E-state index contributed by atoms with van der Waals surface area (Å²) in [5.41, 5.74) is 1.51. The van der Waals surface area contributed by atoms with Crippen LogP contribution >= 0.6 is 0 Å². The standard InChI is InChI=1S/C25H38N4O2/c30-23-16-21(26-22-9-3-1-6-14-29(22)23)20-8-7-13-28(17-20)24(31)18-27-15-12-25(19-27)10-4-2-5-11-25/h16,20H,1-15,17-19H2. The number of rotatable bonds is 3. The van der Waals surface area contributed by atoms with E-state index in [1.54, 1.807) is 6.07 Å². The maximum absolute atomic E-state index is 13.1. The average Bonchev–Trinajstić information content (AvgIpc) is 3.00. The number of carbonyl (C=O) groups excluding carboxylic acids is 1. The third-order valence-electron chi connectivity index (χ3n) is 8.37. The van der Waals surface area contributed by atoms with Crippen molar-refractivity contribution in [3.05, 3.63) is 27.9 Å². The van der Waals surface area contributed by atoms with E-state index in [1.165, 1.54) is 44.9 Å². The minimum Gasteiger partial charge on any atom is -0.341 e. The van der Waals surface area contributed by atoms with E-state index in [-0.39, 0.29) is 17.4 Å². The Labute approximate surface area is 186 Å². The summed E-state index contributed by atoms with van der Waals surface area (Å²) in [6, 6.07) is 1.75. The predicted molar refractivity (Wildman–Crippen MR) is 121 cm³/mol. The smallest absolute Gasteiger partial charge is 0.253 e. The lowest BCUT2D eigenvalue weighted by Crippen LogP contribution is -2.45. The van der Waals surface area contributed by atoms with Gasteiger partial charge in [-0.2, -0.15) is 0 Å². The van der Waals surface area contributed by atoms with Gasteiger partial charge in [0.1, 0.15) is 5.82 Å². The van der Waals surface area contributed by atoms with Crippen molar-refractivity contribution < 1.29 is 4.79 Å². The minimum atomic E-state index is 0.0974. The zero-order chi connectivity index (χ0) is 21.3. The van der Waals surface area contributed by atoms with Crippen molar-refractivity contribution >= 4 is 5.91 Å². The molecule has 3 fully saturated rings. The van der Waals surface area contributed by atoms with E-state index >= 15 is 0 Å². The number of nitrogens with zero attached hydrogens (tertiary/aromatic N) is 4. The van der Waals surface area contributed by atoms with Gasteiger partial charge in [0.25, 0.3) is 5.56 Å². The van der Waals surface area contributed by atoms with Gasteiger partial charge in [-0.3, -0.25) is 19.1 Å². The van der Waals surface area contributed by atoms with Crippen LogP contribution in [-0.4, -0.2) is 58.0 Å². The lowest BCUT2D eigenvalue weighted by molar-refractivity contribution is -0.133. The number of carbonyl (C=O) groups is 1. The normalized spacial score (nSPS) is 26.6. The van der Waals surface area contributed by atoms with Crippen LogP contribution in [0.3, 0.4) is 0 Å². The lowest BCUT2D eigenvalue weighted by Gasteiger charge is -2.35. The van der Waals surface area contributed by atoms with Crippen molar-refractivity contribution in [3.8, 4) is 0 Å². The quantitative estimate of drug-likeness (QED) is 0.744. The fourth-order valence-electron chi connectivity index (χ4n) is 6.55. The Kier molecular flexibility index (Phi) is 6.18. The first-order chi connectivity index (χ1) is 15.1. The first kappa shape index (κ1) is 21.2. The minimum absolute atomic E-state index is 0.0974.